The number of carbonyl (C=O) groups excluding carboxylic acids is 2. The molecule has 4 heteroatoms. The maximum atomic E-state index is 12.1. The fourth-order valence-electron chi connectivity index (χ4n) is 2.24. The molecule has 0 aromatic heterocycles. The molecule has 116 valence electrons. The largest absolute Gasteiger partial charge is 0.352 e. The Kier molecular flexibility index (Phi) is 7.51. The van der Waals surface area contributed by atoms with E-state index in [1.165, 1.54) is 0 Å². The molecule has 2 amide bonds. The lowest BCUT2D eigenvalue weighted by Gasteiger charge is -2.21. The van der Waals surface area contributed by atoms with Crippen LogP contribution in [0.15, 0.2) is 24.3 Å². The first kappa shape index (κ1) is 17.2. The van der Waals surface area contributed by atoms with E-state index in [0.29, 0.717) is 6.54 Å². The summed E-state index contributed by atoms with van der Waals surface area (Å²) in [6.45, 7) is 7.99. The second-order valence-electron chi connectivity index (χ2n) is 5.32. The average molecular weight is 290 g/mol. The second-order valence-corrected chi connectivity index (χ2v) is 5.32. The third-order valence-electron chi connectivity index (χ3n) is 3.22. The summed E-state index contributed by atoms with van der Waals surface area (Å²) in [6, 6.07) is 7.98. The van der Waals surface area contributed by atoms with Crippen LogP contribution in [0.1, 0.15) is 44.2 Å². The van der Waals surface area contributed by atoms with E-state index in [-0.39, 0.29) is 18.2 Å². The topological polar surface area (TPSA) is 49.4 Å². The number of amides is 2. The lowest BCUT2D eigenvalue weighted by atomic mass is 10.1. The number of nitrogens with one attached hydrogen (secondary N) is 1. The van der Waals surface area contributed by atoms with Crippen LogP contribution in [0.3, 0.4) is 0 Å². The molecular weight excluding hydrogens is 264 g/mol. The van der Waals surface area contributed by atoms with Gasteiger partial charge in [-0.1, -0.05) is 43.7 Å². The van der Waals surface area contributed by atoms with Gasteiger partial charge in [-0.3, -0.25) is 9.59 Å². The highest BCUT2D eigenvalue weighted by Gasteiger charge is 2.15. The summed E-state index contributed by atoms with van der Waals surface area (Å²) in [5.74, 6) is -0.292. The van der Waals surface area contributed by atoms with E-state index < -0.39 is 0 Å². The Morgan fingerprint density at radius 1 is 1.14 bits per heavy atom. The summed E-state index contributed by atoms with van der Waals surface area (Å²) in [5.41, 5.74) is 2.21. The molecule has 0 heterocycles. The van der Waals surface area contributed by atoms with Crippen LogP contribution in [-0.2, 0) is 16.1 Å². The quantitative estimate of drug-likeness (QED) is 0.748. The van der Waals surface area contributed by atoms with Crippen LogP contribution in [0.2, 0.25) is 0 Å². The number of rotatable bonds is 8. The van der Waals surface area contributed by atoms with Crippen molar-refractivity contribution in [3.8, 4) is 0 Å². The van der Waals surface area contributed by atoms with Crippen molar-refractivity contribution in [1.29, 1.82) is 0 Å². The van der Waals surface area contributed by atoms with E-state index in [1.54, 1.807) is 4.90 Å². The van der Waals surface area contributed by atoms with Crippen LogP contribution in [0.4, 0.5) is 0 Å². The molecule has 21 heavy (non-hydrogen) atoms. The monoisotopic (exact) mass is 290 g/mol. The Balaban J connectivity index is 2.43. The molecule has 0 bridgehead atoms. The zero-order valence-electron chi connectivity index (χ0n) is 13.3. The molecule has 0 fully saturated rings. The first-order chi connectivity index (χ1) is 10.1. The van der Waals surface area contributed by atoms with Crippen LogP contribution < -0.4 is 5.32 Å². The van der Waals surface area contributed by atoms with Gasteiger partial charge in [0.15, 0.2) is 0 Å². The minimum atomic E-state index is -0.210. The summed E-state index contributed by atoms with van der Waals surface area (Å²) in [5, 5.41) is 2.81. The van der Waals surface area contributed by atoms with Crippen LogP contribution >= 0.6 is 0 Å². The van der Waals surface area contributed by atoms with Crippen molar-refractivity contribution in [1.82, 2.24) is 10.2 Å². The van der Waals surface area contributed by atoms with E-state index >= 15 is 0 Å². The molecule has 0 aliphatic rings. The minimum Gasteiger partial charge on any atom is -0.352 e. The van der Waals surface area contributed by atoms with Crippen molar-refractivity contribution in [2.45, 2.75) is 46.6 Å². The van der Waals surface area contributed by atoms with Crippen LogP contribution in [-0.4, -0.2) is 29.8 Å². The molecular formula is C17H26N2O2. The van der Waals surface area contributed by atoms with Crippen LogP contribution in [0.5, 0.6) is 0 Å². The van der Waals surface area contributed by atoms with E-state index in [9.17, 15) is 9.59 Å². The van der Waals surface area contributed by atoms with Crippen molar-refractivity contribution in [2.75, 3.05) is 13.1 Å². The van der Waals surface area contributed by atoms with Crippen molar-refractivity contribution in [2.24, 2.45) is 0 Å². The Labute approximate surface area is 127 Å². The predicted molar refractivity (Wildman–Crippen MR) is 84.8 cm³/mol. The maximum absolute atomic E-state index is 12.1. The molecule has 0 saturated heterocycles. The van der Waals surface area contributed by atoms with Gasteiger partial charge in [0.2, 0.25) is 11.8 Å². The molecule has 4 nitrogen and oxygen atoms in total. The number of hydrogen-bond donors (Lipinski definition) is 1. The zero-order valence-corrected chi connectivity index (χ0v) is 13.3. The molecule has 1 aromatic rings. The minimum absolute atomic E-state index is 0.0637. The smallest absolute Gasteiger partial charge is 0.232 e. The highest BCUT2D eigenvalue weighted by molar-refractivity contribution is 5.96. The standard InChI is InChI=1S/C17H26N2O2/c1-4-9-19(10-5-2)17(21)12-16(20)18-13-15-8-6-7-14(3)11-15/h6-8,11H,4-5,9-10,12-13H2,1-3H3,(H,18,20). The molecule has 0 radical (unpaired) electrons. The number of aryl methyl sites for hydroxylation is 1. The first-order valence-corrected chi connectivity index (χ1v) is 7.66. The Hall–Kier alpha value is -1.84. The van der Waals surface area contributed by atoms with Crippen LogP contribution in [0.25, 0.3) is 0 Å². The fraction of sp³-hybridized carbons (Fsp3) is 0.529. The lowest BCUT2D eigenvalue weighted by Crippen LogP contribution is -2.36. The number of benzene rings is 1. The Morgan fingerprint density at radius 2 is 1.81 bits per heavy atom. The van der Waals surface area contributed by atoms with E-state index in [0.717, 1.165) is 37.1 Å². The van der Waals surface area contributed by atoms with E-state index in [2.05, 4.69) is 5.32 Å². The van der Waals surface area contributed by atoms with Gasteiger partial charge in [-0.25, -0.2) is 0 Å². The van der Waals surface area contributed by atoms with Crippen LogP contribution in [0, 0.1) is 6.92 Å². The highest BCUT2D eigenvalue weighted by Crippen LogP contribution is 2.04. The van der Waals surface area contributed by atoms with Gasteiger partial charge in [-0.2, -0.15) is 0 Å². The van der Waals surface area contributed by atoms with Gasteiger partial charge >= 0.3 is 0 Å². The van der Waals surface area contributed by atoms with Gasteiger partial charge < -0.3 is 10.2 Å². The molecule has 1 aromatic carbocycles. The van der Waals surface area contributed by atoms with Gasteiger partial charge in [0.05, 0.1) is 0 Å². The van der Waals surface area contributed by atoms with Gasteiger partial charge in [0.1, 0.15) is 6.42 Å². The third kappa shape index (κ3) is 6.43. The molecule has 1 N–H and O–H groups in total. The van der Waals surface area contributed by atoms with Crippen molar-refractivity contribution < 1.29 is 9.59 Å². The fourth-order valence-corrected chi connectivity index (χ4v) is 2.24. The molecule has 0 spiro atoms. The Morgan fingerprint density at radius 3 is 2.38 bits per heavy atom. The van der Waals surface area contributed by atoms with E-state index in [1.807, 2.05) is 45.0 Å². The van der Waals surface area contributed by atoms with E-state index in [4.69, 9.17) is 0 Å². The van der Waals surface area contributed by atoms with Gasteiger partial charge in [0.25, 0.3) is 0 Å². The summed E-state index contributed by atoms with van der Waals surface area (Å²) >= 11 is 0. The number of nitrogens with zero attached hydrogens (tertiary/aromatic N) is 1. The first-order valence-electron chi connectivity index (χ1n) is 7.66. The van der Waals surface area contributed by atoms with Gasteiger partial charge in [0, 0.05) is 19.6 Å². The van der Waals surface area contributed by atoms with Crippen molar-refractivity contribution in [3.63, 3.8) is 0 Å². The SMILES string of the molecule is CCCN(CCC)C(=O)CC(=O)NCc1cccc(C)c1. The second kappa shape index (κ2) is 9.16. The third-order valence-corrected chi connectivity index (χ3v) is 3.22. The van der Waals surface area contributed by atoms with Crippen molar-refractivity contribution in [3.05, 3.63) is 35.4 Å². The molecule has 0 saturated carbocycles. The molecule has 0 unspecified atom stereocenters. The predicted octanol–water partition coefficient (Wildman–Crippen LogP) is 2.65. The number of hydrogen-bond acceptors (Lipinski definition) is 2. The average Bonchev–Trinajstić information content (AvgIpc) is 2.45. The summed E-state index contributed by atoms with van der Waals surface area (Å²) in [7, 11) is 0. The highest BCUT2D eigenvalue weighted by atomic mass is 16.2. The summed E-state index contributed by atoms with van der Waals surface area (Å²) in [6.07, 6.45) is 1.76. The molecule has 0 atom stereocenters. The summed E-state index contributed by atoms with van der Waals surface area (Å²) < 4.78 is 0. The normalized spacial score (nSPS) is 10.2. The van der Waals surface area contributed by atoms with Gasteiger partial charge in [-0.15, -0.1) is 0 Å². The maximum Gasteiger partial charge on any atom is 0.232 e. The summed E-state index contributed by atoms with van der Waals surface area (Å²) in [4.78, 5) is 25.7. The number of carbonyl (C=O) groups is 2. The molecule has 1 rings (SSSR count). The zero-order chi connectivity index (χ0) is 15.7. The van der Waals surface area contributed by atoms with Gasteiger partial charge in [-0.05, 0) is 25.3 Å². The van der Waals surface area contributed by atoms with Crippen molar-refractivity contribution >= 4 is 11.8 Å². The molecule has 0 aliphatic carbocycles. The Bertz CT molecular complexity index is 466. The lowest BCUT2D eigenvalue weighted by molar-refractivity contribution is -0.136. The molecule has 0 aliphatic heterocycles.